The Hall–Kier alpha value is -1.84. The van der Waals surface area contributed by atoms with Crippen molar-refractivity contribution in [1.29, 1.82) is 0 Å². The summed E-state index contributed by atoms with van der Waals surface area (Å²) in [6.45, 7) is 6.00. The van der Waals surface area contributed by atoms with Crippen LogP contribution in [0.5, 0.6) is 5.75 Å². The van der Waals surface area contributed by atoms with Crippen molar-refractivity contribution < 1.29 is 4.74 Å². The van der Waals surface area contributed by atoms with Gasteiger partial charge in [0.05, 0.1) is 12.3 Å². The number of anilines is 1. The van der Waals surface area contributed by atoms with Gasteiger partial charge in [0.2, 0.25) is 0 Å². The van der Waals surface area contributed by atoms with Crippen molar-refractivity contribution in [3.8, 4) is 11.4 Å². The summed E-state index contributed by atoms with van der Waals surface area (Å²) < 4.78 is 8.08. The third kappa shape index (κ3) is 2.23. The van der Waals surface area contributed by atoms with Crippen molar-refractivity contribution in [2.45, 2.75) is 19.7 Å². The summed E-state index contributed by atoms with van der Waals surface area (Å²) in [6.07, 6.45) is 0. The third-order valence-electron chi connectivity index (χ3n) is 3.66. The second kappa shape index (κ2) is 4.69. The summed E-state index contributed by atoms with van der Waals surface area (Å²) >= 11 is 0. The van der Waals surface area contributed by atoms with E-state index >= 15 is 0 Å². The second-order valence-corrected chi connectivity index (χ2v) is 5.43. The zero-order valence-electron chi connectivity index (χ0n) is 11.7. The number of benzene rings is 1. The lowest BCUT2D eigenvalue weighted by molar-refractivity contribution is 0.323. The van der Waals surface area contributed by atoms with E-state index in [1.165, 1.54) is 17.1 Å². The molecule has 3 rings (SSSR count). The standard InChI is InChI=1S/C15H19BN2O/c1-10-3-4-11(2)18(10)13-5-6-15-14(7-13)17-8-12(16)9-19-15/h3-7,12,17H,8-9,16H2,1-2H3. The first-order valence-electron chi connectivity index (χ1n) is 6.81. The smallest absolute Gasteiger partial charge is 0.142 e. The van der Waals surface area contributed by atoms with Crippen LogP contribution in [0.2, 0.25) is 5.82 Å². The quantitative estimate of drug-likeness (QED) is 0.790. The van der Waals surface area contributed by atoms with Gasteiger partial charge in [-0.05, 0) is 50.0 Å². The van der Waals surface area contributed by atoms with Gasteiger partial charge in [0.1, 0.15) is 13.6 Å². The summed E-state index contributed by atoms with van der Waals surface area (Å²) in [7, 11) is 2.19. The normalized spacial score (nSPS) is 18.1. The van der Waals surface area contributed by atoms with Gasteiger partial charge in [-0.1, -0.05) is 0 Å². The van der Waals surface area contributed by atoms with Crippen LogP contribution in [0, 0.1) is 13.8 Å². The van der Waals surface area contributed by atoms with Crippen molar-refractivity contribution >= 4 is 13.5 Å². The molecule has 1 aromatic heterocycles. The van der Waals surface area contributed by atoms with Gasteiger partial charge >= 0.3 is 0 Å². The number of fused-ring (bicyclic) bond motifs is 1. The Kier molecular flexibility index (Phi) is 3.01. The van der Waals surface area contributed by atoms with Crippen LogP contribution < -0.4 is 10.1 Å². The zero-order valence-corrected chi connectivity index (χ0v) is 11.7. The molecule has 1 N–H and O–H groups in total. The summed E-state index contributed by atoms with van der Waals surface area (Å²) in [5.41, 5.74) is 4.78. The molecule has 98 valence electrons. The Labute approximate surface area is 115 Å². The predicted molar refractivity (Wildman–Crippen MR) is 81.5 cm³/mol. The van der Waals surface area contributed by atoms with Gasteiger partial charge in [0.15, 0.2) is 0 Å². The third-order valence-corrected chi connectivity index (χ3v) is 3.66. The average Bonchev–Trinajstić information content (AvgIpc) is 2.62. The highest BCUT2D eigenvalue weighted by Crippen LogP contribution is 2.31. The lowest BCUT2D eigenvalue weighted by atomic mass is 9.88. The Morgan fingerprint density at radius 2 is 1.95 bits per heavy atom. The molecule has 1 unspecified atom stereocenters. The molecule has 19 heavy (non-hydrogen) atoms. The van der Waals surface area contributed by atoms with Crippen LogP contribution in [-0.4, -0.2) is 25.6 Å². The first-order chi connectivity index (χ1) is 9.15. The monoisotopic (exact) mass is 254 g/mol. The fraction of sp³-hybridized carbons (Fsp3) is 0.333. The fourth-order valence-corrected chi connectivity index (χ4v) is 2.57. The Morgan fingerprint density at radius 3 is 2.68 bits per heavy atom. The minimum absolute atomic E-state index is 0.533. The van der Waals surface area contributed by atoms with Gasteiger partial charge in [0, 0.05) is 23.6 Å². The van der Waals surface area contributed by atoms with E-state index in [4.69, 9.17) is 4.74 Å². The topological polar surface area (TPSA) is 26.2 Å². The minimum atomic E-state index is 0.533. The van der Waals surface area contributed by atoms with Gasteiger partial charge in [-0.2, -0.15) is 0 Å². The van der Waals surface area contributed by atoms with Crippen molar-refractivity contribution in [1.82, 2.24) is 4.57 Å². The van der Waals surface area contributed by atoms with Crippen LogP contribution in [0.1, 0.15) is 11.4 Å². The van der Waals surface area contributed by atoms with E-state index in [2.05, 4.69) is 61.9 Å². The van der Waals surface area contributed by atoms with Gasteiger partial charge < -0.3 is 14.6 Å². The molecule has 0 fully saturated rings. The van der Waals surface area contributed by atoms with E-state index in [1.807, 2.05) is 0 Å². The van der Waals surface area contributed by atoms with E-state index in [-0.39, 0.29) is 0 Å². The molecule has 0 bridgehead atoms. The molecule has 0 saturated heterocycles. The first-order valence-corrected chi connectivity index (χ1v) is 6.81. The Balaban J connectivity index is 2.02. The maximum atomic E-state index is 5.82. The van der Waals surface area contributed by atoms with Gasteiger partial charge in [-0.3, -0.25) is 0 Å². The molecule has 1 aliphatic rings. The molecule has 0 radical (unpaired) electrons. The number of nitrogens with zero attached hydrogens (tertiary/aromatic N) is 1. The molecule has 1 aromatic carbocycles. The average molecular weight is 254 g/mol. The Bertz CT molecular complexity index is 587. The first kappa shape index (κ1) is 12.2. The molecule has 0 aliphatic carbocycles. The van der Waals surface area contributed by atoms with Crippen LogP contribution >= 0.6 is 0 Å². The van der Waals surface area contributed by atoms with E-state index in [0.29, 0.717) is 5.82 Å². The fourth-order valence-electron chi connectivity index (χ4n) is 2.57. The molecule has 0 amide bonds. The summed E-state index contributed by atoms with van der Waals surface area (Å²) in [5, 5.41) is 3.48. The maximum Gasteiger partial charge on any atom is 0.142 e. The van der Waals surface area contributed by atoms with Crippen molar-refractivity contribution in [3.05, 3.63) is 41.7 Å². The highest BCUT2D eigenvalue weighted by atomic mass is 16.5. The van der Waals surface area contributed by atoms with E-state index in [1.54, 1.807) is 0 Å². The molecule has 1 atom stereocenters. The molecule has 0 saturated carbocycles. The lowest BCUT2D eigenvalue weighted by Gasteiger charge is -2.13. The van der Waals surface area contributed by atoms with Gasteiger partial charge in [0.25, 0.3) is 0 Å². The predicted octanol–water partition coefficient (Wildman–Crippen LogP) is 2.32. The van der Waals surface area contributed by atoms with Crippen LogP contribution in [0.3, 0.4) is 0 Å². The van der Waals surface area contributed by atoms with E-state index < -0.39 is 0 Å². The van der Waals surface area contributed by atoms with Gasteiger partial charge in [-0.15, -0.1) is 0 Å². The molecule has 4 heteroatoms. The van der Waals surface area contributed by atoms with Crippen molar-refractivity contribution in [2.24, 2.45) is 0 Å². The molecular weight excluding hydrogens is 235 g/mol. The zero-order chi connectivity index (χ0) is 13.4. The molecule has 3 nitrogen and oxygen atoms in total. The summed E-state index contributed by atoms with van der Waals surface area (Å²) in [5.74, 6) is 1.49. The number of hydrogen-bond donors (Lipinski definition) is 1. The summed E-state index contributed by atoms with van der Waals surface area (Å²) in [6, 6.07) is 10.7. The number of hydrogen-bond acceptors (Lipinski definition) is 2. The summed E-state index contributed by atoms with van der Waals surface area (Å²) in [4.78, 5) is 0. The number of aromatic nitrogens is 1. The molecule has 2 heterocycles. The van der Waals surface area contributed by atoms with Crippen LogP contribution in [-0.2, 0) is 0 Å². The number of nitrogens with one attached hydrogen (secondary N) is 1. The number of rotatable bonds is 1. The van der Waals surface area contributed by atoms with Crippen LogP contribution in [0.25, 0.3) is 5.69 Å². The lowest BCUT2D eigenvalue weighted by Crippen LogP contribution is -2.11. The van der Waals surface area contributed by atoms with E-state index in [0.717, 1.165) is 24.6 Å². The minimum Gasteiger partial charge on any atom is -0.492 e. The van der Waals surface area contributed by atoms with E-state index in [9.17, 15) is 0 Å². The van der Waals surface area contributed by atoms with Crippen LogP contribution in [0.15, 0.2) is 30.3 Å². The second-order valence-electron chi connectivity index (χ2n) is 5.43. The van der Waals surface area contributed by atoms with Gasteiger partial charge in [-0.25, -0.2) is 0 Å². The number of ether oxygens (including phenoxy) is 1. The highest BCUT2D eigenvalue weighted by Gasteiger charge is 2.14. The largest absolute Gasteiger partial charge is 0.492 e. The molecule has 1 aliphatic heterocycles. The SMILES string of the molecule is BC1CNc2cc(-n3c(C)ccc3C)ccc2OC1. The molecule has 0 spiro atoms. The van der Waals surface area contributed by atoms with Crippen LogP contribution in [0.4, 0.5) is 5.69 Å². The Morgan fingerprint density at radius 1 is 1.21 bits per heavy atom. The number of aryl methyl sites for hydroxylation is 2. The van der Waals surface area contributed by atoms with Crippen molar-refractivity contribution in [2.75, 3.05) is 18.5 Å². The maximum absolute atomic E-state index is 5.82. The van der Waals surface area contributed by atoms with Crippen molar-refractivity contribution in [3.63, 3.8) is 0 Å². The molecule has 2 aromatic rings. The highest BCUT2D eigenvalue weighted by molar-refractivity contribution is 6.12. The molecular formula is C15H19BN2O.